The molecule has 2 nitrogen and oxygen atoms in total. The minimum Gasteiger partial charge on any atom is -0.389 e. The maximum Gasteiger partial charge on any atom is 0.0830 e. The number of aryl methyl sites for hydroxylation is 1. The number of rotatable bonds is 10. The van der Waals surface area contributed by atoms with Crippen molar-refractivity contribution in [1.82, 2.24) is 0 Å². The van der Waals surface area contributed by atoms with Gasteiger partial charge in [-0.3, -0.25) is 0 Å². The van der Waals surface area contributed by atoms with Crippen LogP contribution in [0.5, 0.6) is 0 Å². The molecular weight excluding hydrogens is 540 g/mol. The number of alkyl halides is 2. The summed E-state index contributed by atoms with van der Waals surface area (Å²) in [5.41, 5.74) is 4.44. The van der Waals surface area contributed by atoms with Crippen LogP contribution in [0, 0.1) is 17.9 Å². The van der Waals surface area contributed by atoms with Crippen molar-refractivity contribution in [1.29, 1.82) is 0 Å². The van der Waals surface area contributed by atoms with E-state index in [2.05, 4.69) is 36.4 Å². The second kappa shape index (κ2) is 14.1. The van der Waals surface area contributed by atoms with Gasteiger partial charge >= 0.3 is 0 Å². The van der Waals surface area contributed by atoms with Gasteiger partial charge in [-0.1, -0.05) is 54.6 Å². The fraction of sp³-hybridized carbons (Fsp3) is 0.379. The molecule has 1 N–H and O–H groups in total. The van der Waals surface area contributed by atoms with E-state index in [1.807, 2.05) is 48.5 Å². The number of aliphatic hydroxyl groups excluding tert-OH is 1. The van der Waals surface area contributed by atoms with Crippen LogP contribution in [-0.2, 0) is 56.9 Å². The van der Waals surface area contributed by atoms with E-state index in [0.717, 1.165) is 36.0 Å². The smallest absolute Gasteiger partial charge is 0.0830 e. The molecule has 0 spiro atoms. The van der Waals surface area contributed by atoms with Gasteiger partial charge in [0, 0.05) is 52.3 Å². The van der Waals surface area contributed by atoms with Crippen LogP contribution < -0.4 is 0 Å². The summed E-state index contributed by atoms with van der Waals surface area (Å²) in [6.07, 6.45) is 2.86. The SMILES string of the molecule is OC(Cc1ccccc1)c1cccc(CC[C@H]2C(Cl)C(Cl)C[C@@H]2COCc2c[c-]ccc2)c1.[Y]. The van der Waals surface area contributed by atoms with Crippen LogP contribution in [0.15, 0.2) is 78.9 Å². The van der Waals surface area contributed by atoms with Crippen molar-refractivity contribution < 1.29 is 42.6 Å². The van der Waals surface area contributed by atoms with E-state index < -0.39 is 6.10 Å². The Bertz CT molecular complexity index is 986. The molecule has 0 aliphatic heterocycles. The number of hydrogen-bond acceptors (Lipinski definition) is 2. The molecule has 177 valence electrons. The predicted molar refractivity (Wildman–Crippen MR) is 136 cm³/mol. The first-order valence-corrected chi connectivity index (χ1v) is 12.6. The maximum absolute atomic E-state index is 10.7. The molecule has 1 radical (unpaired) electrons. The van der Waals surface area contributed by atoms with Gasteiger partial charge in [0.25, 0.3) is 0 Å². The van der Waals surface area contributed by atoms with Crippen molar-refractivity contribution in [3.8, 4) is 0 Å². The molecule has 0 saturated heterocycles. The van der Waals surface area contributed by atoms with Gasteiger partial charge in [-0.05, 0) is 47.8 Å². The van der Waals surface area contributed by atoms with Gasteiger partial charge in [0.2, 0.25) is 0 Å². The molecule has 1 aliphatic rings. The van der Waals surface area contributed by atoms with Gasteiger partial charge in [-0.15, -0.1) is 28.8 Å². The Balaban J connectivity index is 0.00000324. The summed E-state index contributed by atoms with van der Waals surface area (Å²) in [5, 5.41) is 10.7. The molecule has 4 rings (SSSR count). The average molecular weight is 571 g/mol. The van der Waals surface area contributed by atoms with Crippen LogP contribution in [0.25, 0.3) is 0 Å². The number of hydrogen-bond donors (Lipinski definition) is 1. The van der Waals surface area contributed by atoms with Crippen molar-refractivity contribution in [3.05, 3.63) is 107 Å². The third-order valence-electron chi connectivity index (χ3n) is 6.63. The quantitative estimate of drug-likeness (QED) is 0.215. The van der Waals surface area contributed by atoms with Crippen molar-refractivity contribution in [2.45, 2.75) is 49.1 Å². The van der Waals surface area contributed by atoms with E-state index in [-0.39, 0.29) is 43.5 Å². The van der Waals surface area contributed by atoms with Crippen LogP contribution in [0.3, 0.4) is 0 Å². The van der Waals surface area contributed by atoms with Gasteiger partial charge < -0.3 is 9.84 Å². The van der Waals surface area contributed by atoms with Crippen molar-refractivity contribution in [2.75, 3.05) is 6.61 Å². The van der Waals surface area contributed by atoms with Gasteiger partial charge in [-0.25, -0.2) is 0 Å². The van der Waals surface area contributed by atoms with E-state index in [0.29, 0.717) is 31.5 Å². The Morgan fingerprint density at radius 1 is 0.971 bits per heavy atom. The van der Waals surface area contributed by atoms with E-state index >= 15 is 0 Å². The summed E-state index contributed by atoms with van der Waals surface area (Å²) in [7, 11) is 0. The van der Waals surface area contributed by atoms with Gasteiger partial charge in [0.15, 0.2) is 0 Å². The molecule has 5 heteroatoms. The Kier molecular flexibility index (Phi) is 11.6. The van der Waals surface area contributed by atoms with E-state index in [9.17, 15) is 5.11 Å². The Morgan fingerprint density at radius 3 is 2.50 bits per heavy atom. The van der Waals surface area contributed by atoms with Crippen LogP contribution in [0.1, 0.15) is 41.2 Å². The third-order valence-corrected chi connectivity index (χ3v) is 7.84. The first-order chi connectivity index (χ1) is 16.1. The first-order valence-electron chi connectivity index (χ1n) is 11.7. The summed E-state index contributed by atoms with van der Waals surface area (Å²) in [5.74, 6) is 0.670. The third kappa shape index (κ3) is 7.88. The van der Waals surface area contributed by atoms with Gasteiger partial charge in [0.05, 0.1) is 16.9 Å². The van der Waals surface area contributed by atoms with E-state index in [4.69, 9.17) is 27.9 Å². The summed E-state index contributed by atoms with van der Waals surface area (Å²) < 4.78 is 6.02. The molecular formula is C29H31Cl2O2Y-. The van der Waals surface area contributed by atoms with Crippen LogP contribution in [0.4, 0.5) is 0 Å². The molecule has 34 heavy (non-hydrogen) atoms. The Hall–Kier alpha value is -0.736. The molecule has 0 bridgehead atoms. The predicted octanol–water partition coefficient (Wildman–Crippen LogP) is 6.76. The van der Waals surface area contributed by atoms with E-state index in [1.165, 1.54) is 5.56 Å². The summed E-state index contributed by atoms with van der Waals surface area (Å²) in [6.45, 7) is 1.25. The summed E-state index contributed by atoms with van der Waals surface area (Å²) in [6, 6.07) is 29.4. The topological polar surface area (TPSA) is 29.5 Å². The summed E-state index contributed by atoms with van der Waals surface area (Å²) >= 11 is 13.3. The van der Waals surface area contributed by atoms with Crippen LogP contribution in [-0.4, -0.2) is 22.5 Å². The van der Waals surface area contributed by atoms with E-state index in [1.54, 1.807) is 0 Å². The number of benzene rings is 3. The van der Waals surface area contributed by atoms with Crippen molar-refractivity contribution in [2.24, 2.45) is 11.8 Å². The monoisotopic (exact) mass is 570 g/mol. The molecule has 0 amide bonds. The zero-order valence-corrected chi connectivity index (χ0v) is 23.7. The molecule has 3 aromatic carbocycles. The normalized spacial score (nSPS) is 22.8. The minimum absolute atomic E-state index is 0. The number of aliphatic hydroxyl groups is 1. The zero-order chi connectivity index (χ0) is 23.0. The number of ether oxygens (including phenoxy) is 1. The second-order valence-electron chi connectivity index (χ2n) is 9.04. The Labute approximate surface area is 238 Å². The molecule has 3 unspecified atom stereocenters. The van der Waals surface area contributed by atoms with Gasteiger partial charge in [0.1, 0.15) is 0 Å². The molecule has 1 saturated carbocycles. The zero-order valence-electron chi connectivity index (χ0n) is 19.3. The minimum atomic E-state index is -0.511. The standard InChI is InChI=1S/C29H31Cl2O2.Y/c30-27-18-25(20-33-19-23-10-5-2-6-11-23)26(29(27)31)15-14-22-12-7-13-24(16-22)28(32)17-21-8-3-1-4-9-21;/h1-5,7-13,16,25-29,32H,14-15,17-20H2;/q-1;/t25-,26-,27?,28?,29?;/m1./s1. The van der Waals surface area contributed by atoms with Crippen LogP contribution in [0.2, 0.25) is 0 Å². The van der Waals surface area contributed by atoms with Gasteiger partial charge in [-0.2, -0.15) is 30.3 Å². The fourth-order valence-corrected chi connectivity index (χ4v) is 5.65. The molecule has 1 aliphatic carbocycles. The molecule has 0 aromatic heterocycles. The molecule has 5 atom stereocenters. The van der Waals surface area contributed by atoms with Crippen molar-refractivity contribution in [3.63, 3.8) is 0 Å². The fourth-order valence-electron chi connectivity index (χ4n) is 4.80. The average Bonchev–Trinajstić information content (AvgIpc) is 3.11. The Morgan fingerprint density at radius 2 is 1.74 bits per heavy atom. The maximum atomic E-state index is 10.7. The molecule has 3 aromatic rings. The molecule has 1 fully saturated rings. The van der Waals surface area contributed by atoms with Crippen LogP contribution >= 0.6 is 23.2 Å². The second-order valence-corrected chi connectivity index (χ2v) is 10.1. The van der Waals surface area contributed by atoms with Crippen molar-refractivity contribution >= 4 is 23.2 Å². The largest absolute Gasteiger partial charge is 0.389 e. The number of halogens is 2. The molecule has 0 heterocycles. The first kappa shape index (κ1) is 27.8. The summed E-state index contributed by atoms with van der Waals surface area (Å²) in [4.78, 5) is 0.